The van der Waals surface area contributed by atoms with Crippen molar-refractivity contribution in [3.8, 4) is 0 Å². The van der Waals surface area contributed by atoms with E-state index in [-0.39, 0.29) is 22.5 Å². The Morgan fingerprint density at radius 3 is 1.53 bits per heavy atom. The van der Waals surface area contributed by atoms with Gasteiger partial charge in [0.25, 0.3) is 0 Å². The standard InChI is InChI=1S/C36H39N3O19/c1-14(40)49-12-23-30(58-36-34(55-20(7)46)32(53-18(5)44)29(51-16(3)42)24(57-36)13-50-15(2)41)31(52-17(4)43)33(54-19(6)45)35(56-23)39-26-25(37-38-39)27(47)21-10-8-9-11-22(21)28(26)48/h8-11,23-24,29-36H,12-13H2,1-7H3/t23-,24-,29+,30-,31+,32+,33-,34-,35-,36+/m1/s1. The summed E-state index contributed by atoms with van der Waals surface area (Å²) in [4.78, 5) is 114. The molecule has 2 fully saturated rings. The molecular weight excluding hydrogens is 778 g/mol. The normalized spacial score (nSPS) is 27.5. The highest BCUT2D eigenvalue weighted by atomic mass is 16.8. The number of hydrogen-bond acceptors (Lipinski definition) is 21. The molecule has 3 aliphatic rings. The topological polar surface area (TPSA) is 277 Å². The van der Waals surface area contributed by atoms with Gasteiger partial charge in [-0.3, -0.25) is 43.2 Å². The molecule has 1 aromatic heterocycles. The van der Waals surface area contributed by atoms with Crippen molar-refractivity contribution in [2.75, 3.05) is 13.2 Å². The van der Waals surface area contributed by atoms with E-state index in [0.29, 0.717) is 0 Å². The van der Waals surface area contributed by atoms with Gasteiger partial charge in [-0.25, -0.2) is 4.68 Å². The Hall–Kier alpha value is -6.13. The van der Waals surface area contributed by atoms with Crippen LogP contribution in [0.1, 0.15) is 86.8 Å². The first-order valence-electron chi connectivity index (χ1n) is 17.6. The molecular formula is C36H39N3O19. The molecule has 5 rings (SSSR count). The summed E-state index contributed by atoms with van der Waals surface area (Å²) in [6.07, 6.45) is -17.1. The van der Waals surface area contributed by atoms with Crippen LogP contribution in [-0.2, 0) is 80.9 Å². The molecule has 0 bridgehead atoms. The first-order valence-corrected chi connectivity index (χ1v) is 17.6. The third-order valence-corrected chi connectivity index (χ3v) is 8.69. The van der Waals surface area contributed by atoms with E-state index in [1.54, 1.807) is 6.07 Å². The number of carbonyl (C=O) groups is 9. The van der Waals surface area contributed by atoms with Gasteiger partial charge >= 0.3 is 41.8 Å². The molecule has 312 valence electrons. The SMILES string of the molecule is CC(=O)OC[C@H]1O[C@@H](O[C@H]2[C@H](OC(C)=O)[C@@H](OC(C)=O)[C@H](n3nnc4c3C(=O)c3ccccc3C4=O)O[C@@H]2COC(C)=O)[C@H](OC(C)=O)[C@@H](OC(C)=O)[C@H]1OC(C)=O. The van der Waals surface area contributed by atoms with Crippen LogP contribution >= 0.6 is 0 Å². The largest absolute Gasteiger partial charge is 0.463 e. The van der Waals surface area contributed by atoms with Crippen LogP contribution < -0.4 is 0 Å². The minimum absolute atomic E-state index is 0.00117. The number of rotatable bonds is 12. The highest BCUT2D eigenvalue weighted by molar-refractivity contribution is 6.27. The number of benzene rings is 1. The van der Waals surface area contributed by atoms with Gasteiger partial charge in [-0.1, -0.05) is 29.5 Å². The highest BCUT2D eigenvalue weighted by Crippen LogP contribution is 2.39. The van der Waals surface area contributed by atoms with Crippen molar-refractivity contribution < 1.29 is 90.5 Å². The molecule has 2 aromatic rings. The van der Waals surface area contributed by atoms with E-state index >= 15 is 0 Å². The Bertz CT molecular complexity index is 1990. The maximum atomic E-state index is 13.9. The molecule has 0 spiro atoms. The van der Waals surface area contributed by atoms with Crippen molar-refractivity contribution in [3.05, 3.63) is 46.8 Å². The molecule has 22 heteroatoms. The van der Waals surface area contributed by atoms with Crippen LogP contribution in [0.5, 0.6) is 0 Å². The molecule has 22 nitrogen and oxygen atoms in total. The average Bonchev–Trinajstić information content (AvgIpc) is 3.57. The molecule has 2 aliphatic heterocycles. The van der Waals surface area contributed by atoms with Crippen molar-refractivity contribution in [1.29, 1.82) is 0 Å². The lowest BCUT2D eigenvalue weighted by atomic mass is 9.89. The average molecular weight is 818 g/mol. The quantitative estimate of drug-likeness (QED) is 0.170. The second-order valence-corrected chi connectivity index (χ2v) is 13.1. The molecule has 10 atom stereocenters. The molecule has 3 heterocycles. The van der Waals surface area contributed by atoms with Crippen LogP contribution in [0.3, 0.4) is 0 Å². The van der Waals surface area contributed by atoms with E-state index in [4.69, 9.17) is 47.4 Å². The lowest BCUT2D eigenvalue weighted by molar-refractivity contribution is -0.349. The van der Waals surface area contributed by atoms with Gasteiger partial charge in [0.05, 0.1) is 0 Å². The smallest absolute Gasteiger partial charge is 0.303 e. The molecule has 58 heavy (non-hydrogen) atoms. The van der Waals surface area contributed by atoms with E-state index in [0.717, 1.165) is 53.1 Å². The Labute approximate surface area is 328 Å². The lowest BCUT2D eigenvalue weighted by Crippen LogP contribution is -2.66. The first kappa shape index (κ1) is 43.0. The second-order valence-electron chi connectivity index (χ2n) is 13.1. The Balaban J connectivity index is 1.65. The number of aromatic nitrogens is 3. The van der Waals surface area contributed by atoms with Gasteiger partial charge in [-0.2, -0.15) is 0 Å². The predicted octanol–water partition coefficient (Wildman–Crippen LogP) is -0.154. The minimum atomic E-state index is -1.91. The van der Waals surface area contributed by atoms with Crippen molar-refractivity contribution in [2.24, 2.45) is 0 Å². The third-order valence-electron chi connectivity index (χ3n) is 8.69. The first-order chi connectivity index (χ1) is 27.4. The summed E-state index contributed by atoms with van der Waals surface area (Å²) in [6, 6.07) is 5.92. The van der Waals surface area contributed by atoms with Gasteiger partial charge in [-0.05, 0) is 0 Å². The van der Waals surface area contributed by atoms with E-state index in [1.807, 2.05) is 0 Å². The van der Waals surface area contributed by atoms with E-state index in [9.17, 15) is 43.2 Å². The third kappa shape index (κ3) is 9.52. The number of fused-ring (bicyclic) bond motifs is 2. The van der Waals surface area contributed by atoms with Gasteiger partial charge in [0.2, 0.25) is 11.6 Å². The fourth-order valence-corrected chi connectivity index (χ4v) is 6.66. The summed E-state index contributed by atoms with van der Waals surface area (Å²) >= 11 is 0. The molecule has 0 saturated carbocycles. The molecule has 0 amide bonds. The maximum absolute atomic E-state index is 13.9. The number of esters is 7. The molecule has 0 unspecified atom stereocenters. The molecule has 0 N–H and O–H groups in total. The number of ether oxygens (including phenoxy) is 10. The molecule has 0 radical (unpaired) electrons. The summed E-state index contributed by atoms with van der Waals surface area (Å²) < 4.78 is 57.8. The summed E-state index contributed by atoms with van der Waals surface area (Å²) in [7, 11) is 0. The van der Waals surface area contributed by atoms with Gasteiger partial charge in [0.1, 0.15) is 37.2 Å². The van der Waals surface area contributed by atoms with Gasteiger partial charge < -0.3 is 47.4 Å². The Morgan fingerprint density at radius 1 is 0.569 bits per heavy atom. The van der Waals surface area contributed by atoms with Crippen LogP contribution in [0.15, 0.2) is 24.3 Å². The number of hydrogen-bond donors (Lipinski definition) is 0. The van der Waals surface area contributed by atoms with Crippen LogP contribution in [0.2, 0.25) is 0 Å². The van der Waals surface area contributed by atoms with Crippen molar-refractivity contribution >= 4 is 53.4 Å². The summed E-state index contributed by atoms with van der Waals surface area (Å²) in [5.41, 5.74) is -0.693. The Morgan fingerprint density at radius 2 is 1.02 bits per heavy atom. The molecule has 1 aliphatic carbocycles. The van der Waals surface area contributed by atoms with E-state index in [2.05, 4.69) is 10.3 Å². The van der Waals surface area contributed by atoms with Crippen molar-refractivity contribution in [2.45, 2.75) is 110 Å². The number of nitrogens with zero attached hydrogens (tertiary/aromatic N) is 3. The molecule has 1 aromatic carbocycles. The van der Waals surface area contributed by atoms with Crippen LogP contribution in [0.25, 0.3) is 0 Å². The van der Waals surface area contributed by atoms with Crippen LogP contribution in [-0.4, -0.2) is 137 Å². The van der Waals surface area contributed by atoms with Gasteiger partial charge in [-0.15, -0.1) is 5.10 Å². The maximum Gasteiger partial charge on any atom is 0.303 e. The zero-order valence-corrected chi connectivity index (χ0v) is 32.1. The van der Waals surface area contributed by atoms with E-state index < -0.39 is 128 Å². The summed E-state index contributed by atoms with van der Waals surface area (Å²) in [6.45, 7) is 5.84. The van der Waals surface area contributed by atoms with Gasteiger partial charge in [0, 0.05) is 59.6 Å². The lowest BCUT2D eigenvalue weighted by Gasteiger charge is -2.48. The fourth-order valence-electron chi connectivity index (χ4n) is 6.66. The highest BCUT2D eigenvalue weighted by Gasteiger charge is 2.58. The fraction of sp³-hybridized carbons (Fsp3) is 0.528. The summed E-state index contributed by atoms with van der Waals surface area (Å²) in [5.74, 6) is -7.75. The second kappa shape index (κ2) is 18.0. The minimum Gasteiger partial charge on any atom is -0.463 e. The van der Waals surface area contributed by atoms with Crippen molar-refractivity contribution in [3.63, 3.8) is 0 Å². The predicted molar refractivity (Wildman–Crippen MR) is 182 cm³/mol. The molecule has 2 saturated heterocycles. The number of ketones is 2. The van der Waals surface area contributed by atoms with Crippen molar-refractivity contribution in [1.82, 2.24) is 15.0 Å². The monoisotopic (exact) mass is 817 g/mol. The van der Waals surface area contributed by atoms with Gasteiger partial charge in [0.15, 0.2) is 48.7 Å². The zero-order chi connectivity index (χ0) is 42.6. The van der Waals surface area contributed by atoms with E-state index in [1.165, 1.54) is 18.2 Å². The zero-order valence-electron chi connectivity index (χ0n) is 32.1. The van der Waals surface area contributed by atoms with Crippen LogP contribution in [0.4, 0.5) is 0 Å². The summed E-state index contributed by atoms with van der Waals surface area (Å²) in [5, 5.41) is 7.94. The Kier molecular flexibility index (Phi) is 13.3. The number of carbonyl (C=O) groups excluding carboxylic acids is 9. The van der Waals surface area contributed by atoms with Crippen LogP contribution in [0, 0.1) is 0 Å².